The van der Waals surface area contributed by atoms with E-state index in [0.29, 0.717) is 0 Å². The normalized spacial score (nSPS) is 29.6. The lowest BCUT2D eigenvalue weighted by atomic mass is 9.64. The molecule has 0 heterocycles. The highest BCUT2D eigenvalue weighted by molar-refractivity contribution is 4.95. The van der Waals surface area contributed by atoms with E-state index in [4.69, 9.17) is 0 Å². The zero-order valence-corrected chi connectivity index (χ0v) is 10.0. The van der Waals surface area contributed by atoms with Gasteiger partial charge >= 0.3 is 0 Å². The highest BCUT2D eigenvalue weighted by Crippen LogP contribution is 2.55. The van der Waals surface area contributed by atoms with Gasteiger partial charge in [-0.25, -0.2) is 0 Å². The van der Waals surface area contributed by atoms with Gasteiger partial charge in [-0.2, -0.15) is 0 Å². The van der Waals surface area contributed by atoms with Crippen molar-refractivity contribution in [1.82, 2.24) is 0 Å². The molecule has 0 aromatic rings. The number of hydrogen-bond acceptors (Lipinski definition) is 0. The summed E-state index contributed by atoms with van der Waals surface area (Å²) in [6.45, 7) is 4.91. The molecular formula is C14H26. The minimum absolute atomic E-state index is 0.783. The van der Waals surface area contributed by atoms with Gasteiger partial charge in [0.15, 0.2) is 0 Å². The average molecular weight is 194 g/mol. The van der Waals surface area contributed by atoms with Crippen molar-refractivity contribution in [2.75, 3.05) is 0 Å². The first kappa shape index (κ1) is 10.5. The zero-order chi connectivity index (χ0) is 10.0. The van der Waals surface area contributed by atoms with Crippen molar-refractivity contribution < 1.29 is 0 Å². The fourth-order valence-electron chi connectivity index (χ4n) is 4.24. The lowest BCUT2D eigenvalue weighted by Gasteiger charge is -2.41. The molecule has 0 aliphatic heterocycles. The summed E-state index contributed by atoms with van der Waals surface area (Å²) >= 11 is 0. The van der Waals surface area contributed by atoms with Crippen molar-refractivity contribution in [3.05, 3.63) is 0 Å². The van der Waals surface area contributed by atoms with Gasteiger partial charge in [0, 0.05) is 0 Å². The molecule has 2 aliphatic rings. The molecule has 2 fully saturated rings. The summed E-state index contributed by atoms with van der Waals surface area (Å²) < 4.78 is 0. The Balaban J connectivity index is 2.11. The van der Waals surface area contributed by atoms with Gasteiger partial charge in [-0.15, -0.1) is 0 Å². The molecule has 1 atom stereocenters. The standard InChI is InChI=1S/C14H26/c1-3-12(2)14(10-6-7-11-14)13-8-4-5-9-13/h12-13H,3-11H2,1-2H3. The van der Waals surface area contributed by atoms with Crippen LogP contribution in [0.15, 0.2) is 0 Å². The summed E-state index contributed by atoms with van der Waals surface area (Å²) in [4.78, 5) is 0. The minimum atomic E-state index is 0.783. The molecule has 0 aromatic heterocycles. The summed E-state index contributed by atoms with van der Waals surface area (Å²) in [6.07, 6.45) is 13.7. The largest absolute Gasteiger partial charge is 0.0651 e. The molecule has 0 aromatic carbocycles. The Hall–Kier alpha value is 0. The van der Waals surface area contributed by atoms with Gasteiger partial charge in [0.05, 0.1) is 0 Å². The van der Waals surface area contributed by atoms with E-state index in [0.717, 1.165) is 17.3 Å². The van der Waals surface area contributed by atoms with Crippen molar-refractivity contribution in [2.24, 2.45) is 17.3 Å². The summed E-state index contributed by atoms with van der Waals surface area (Å²) in [5, 5.41) is 0. The Morgan fingerprint density at radius 2 is 1.64 bits per heavy atom. The van der Waals surface area contributed by atoms with Crippen molar-refractivity contribution in [1.29, 1.82) is 0 Å². The second kappa shape index (κ2) is 4.24. The van der Waals surface area contributed by atoms with Crippen molar-refractivity contribution in [2.45, 2.75) is 71.6 Å². The predicted octanol–water partition coefficient (Wildman–Crippen LogP) is 4.78. The summed E-state index contributed by atoms with van der Waals surface area (Å²) in [6, 6.07) is 0. The molecule has 0 spiro atoms. The third-order valence-corrected chi connectivity index (χ3v) is 5.30. The average Bonchev–Trinajstić information content (AvgIpc) is 2.86. The van der Waals surface area contributed by atoms with Crippen LogP contribution in [0.2, 0.25) is 0 Å². The van der Waals surface area contributed by atoms with Crippen LogP contribution in [0.1, 0.15) is 71.6 Å². The first-order valence-electron chi connectivity index (χ1n) is 6.79. The Morgan fingerprint density at radius 1 is 1.07 bits per heavy atom. The first-order chi connectivity index (χ1) is 6.79. The van der Waals surface area contributed by atoms with E-state index in [9.17, 15) is 0 Å². The van der Waals surface area contributed by atoms with Crippen LogP contribution in [-0.4, -0.2) is 0 Å². The van der Waals surface area contributed by atoms with E-state index < -0.39 is 0 Å². The quantitative estimate of drug-likeness (QED) is 0.606. The van der Waals surface area contributed by atoms with Crippen molar-refractivity contribution >= 4 is 0 Å². The fourth-order valence-corrected chi connectivity index (χ4v) is 4.24. The molecular weight excluding hydrogens is 168 g/mol. The molecule has 0 nitrogen and oxygen atoms in total. The minimum Gasteiger partial charge on any atom is -0.0651 e. The van der Waals surface area contributed by atoms with Crippen LogP contribution in [0.25, 0.3) is 0 Å². The molecule has 2 saturated carbocycles. The third kappa shape index (κ3) is 1.61. The van der Waals surface area contributed by atoms with Gasteiger partial charge < -0.3 is 0 Å². The van der Waals surface area contributed by atoms with Crippen LogP contribution < -0.4 is 0 Å². The van der Waals surface area contributed by atoms with E-state index in [1.54, 1.807) is 25.7 Å². The van der Waals surface area contributed by atoms with Gasteiger partial charge in [0.2, 0.25) is 0 Å². The maximum absolute atomic E-state index is 2.52. The molecule has 0 saturated heterocycles. The lowest BCUT2D eigenvalue weighted by molar-refractivity contribution is 0.0863. The van der Waals surface area contributed by atoms with Gasteiger partial charge in [-0.1, -0.05) is 46.0 Å². The second-order valence-electron chi connectivity index (χ2n) is 5.73. The Morgan fingerprint density at radius 3 is 2.14 bits per heavy atom. The first-order valence-corrected chi connectivity index (χ1v) is 6.79. The monoisotopic (exact) mass is 194 g/mol. The fraction of sp³-hybridized carbons (Fsp3) is 1.00. The van der Waals surface area contributed by atoms with E-state index >= 15 is 0 Å². The van der Waals surface area contributed by atoms with Crippen LogP contribution in [0.3, 0.4) is 0 Å². The second-order valence-corrected chi connectivity index (χ2v) is 5.73. The molecule has 0 heteroatoms. The van der Waals surface area contributed by atoms with Gasteiger partial charge in [-0.3, -0.25) is 0 Å². The van der Waals surface area contributed by atoms with Crippen LogP contribution in [-0.2, 0) is 0 Å². The van der Waals surface area contributed by atoms with Gasteiger partial charge in [0.25, 0.3) is 0 Å². The number of hydrogen-bond donors (Lipinski definition) is 0. The highest BCUT2D eigenvalue weighted by atomic mass is 14.5. The molecule has 1 unspecified atom stereocenters. The van der Waals surface area contributed by atoms with E-state index in [2.05, 4.69) is 13.8 Å². The summed E-state index contributed by atoms with van der Waals surface area (Å²) in [5.74, 6) is 2.08. The Kier molecular flexibility index (Phi) is 3.19. The smallest absolute Gasteiger partial charge is 0.0244 e. The summed E-state index contributed by atoms with van der Waals surface area (Å²) in [5.41, 5.74) is 0.783. The van der Waals surface area contributed by atoms with Gasteiger partial charge in [-0.05, 0) is 42.9 Å². The molecule has 2 aliphatic carbocycles. The maximum atomic E-state index is 2.52. The molecule has 0 bridgehead atoms. The van der Waals surface area contributed by atoms with Crippen molar-refractivity contribution in [3.8, 4) is 0 Å². The van der Waals surface area contributed by atoms with E-state index in [1.807, 2.05) is 0 Å². The van der Waals surface area contributed by atoms with Crippen LogP contribution in [0.5, 0.6) is 0 Å². The molecule has 2 rings (SSSR count). The third-order valence-electron chi connectivity index (χ3n) is 5.30. The lowest BCUT2D eigenvalue weighted by Crippen LogP contribution is -2.32. The molecule has 14 heavy (non-hydrogen) atoms. The zero-order valence-electron chi connectivity index (χ0n) is 10.0. The predicted molar refractivity (Wildman–Crippen MR) is 62.3 cm³/mol. The Labute approximate surface area is 89.5 Å². The van der Waals surface area contributed by atoms with Crippen LogP contribution in [0.4, 0.5) is 0 Å². The van der Waals surface area contributed by atoms with Crippen LogP contribution in [0, 0.1) is 17.3 Å². The summed E-state index contributed by atoms with van der Waals surface area (Å²) in [7, 11) is 0. The van der Waals surface area contributed by atoms with E-state index in [-0.39, 0.29) is 0 Å². The molecule has 82 valence electrons. The molecule has 0 N–H and O–H groups in total. The van der Waals surface area contributed by atoms with E-state index in [1.165, 1.54) is 32.1 Å². The highest BCUT2D eigenvalue weighted by Gasteiger charge is 2.44. The molecule has 0 radical (unpaired) electrons. The molecule has 0 amide bonds. The maximum Gasteiger partial charge on any atom is -0.0244 e. The topological polar surface area (TPSA) is 0 Å². The number of rotatable bonds is 3. The van der Waals surface area contributed by atoms with Crippen LogP contribution >= 0.6 is 0 Å². The Bertz CT molecular complexity index is 170. The van der Waals surface area contributed by atoms with Gasteiger partial charge in [0.1, 0.15) is 0 Å². The SMILES string of the molecule is CCC(C)C1(C2CCCC2)CCCC1. The van der Waals surface area contributed by atoms with Crippen molar-refractivity contribution in [3.63, 3.8) is 0 Å².